The molecule has 0 saturated carbocycles. The number of hydrogen-bond donors (Lipinski definition) is 1. The predicted molar refractivity (Wildman–Crippen MR) is 106 cm³/mol. The first-order valence-electron chi connectivity index (χ1n) is 8.71. The normalized spacial score (nSPS) is 10.7. The molecule has 0 aliphatic heterocycles. The third-order valence-corrected chi connectivity index (χ3v) is 4.77. The lowest BCUT2D eigenvalue weighted by molar-refractivity contribution is 0.0594. The van der Waals surface area contributed by atoms with E-state index in [0.29, 0.717) is 22.2 Å². The highest BCUT2D eigenvalue weighted by atomic mass is 35.5. The lowest BCUT2D eigenvalue weighted by atomic mass is 10.2. The Morgan fingerprint density at radius 1 is 1.24 bits per heavy atom. The molecule has 152 valence electrons. The number of halogens is 1. The van der Waals surface area contributed by atoms with Gasteiger partial charge in [-0.1, -0.05) is 11.6 Å². The molecule has 1 aromatic carbocycles. The van der Waals surface area contributed by atoms with Crippen LogP contribution in [0.1, 0.15) is 38.1 Å². The summed E-state index contributed by atoms with van der Waals surface area (Å²) in [5, 5.41) is 7.39. The van der Waals surface area contributed by atoms with Gasteiger partial charge in [-0.3, -0.25) is 9.48 Å². The fourth-order valence-corrected chi connectivity index (χ4v) is 2.73. The summed E-state index contributed by atoms with van der Waals surface area (Å²) in [6, 6.07) is 8.51. The van der Waals surface area contributed by atoms with Crippen LogP contribution in [-0.4, -0.2) is 28.8 Å². The Labute approximate surface area is 172 Å². The third kappa shape index (κ3) is 4.43. The zero-order valence-electron chi connectivity index (χ0n) is 16.4. The SMILES string of the molecule is COC(=O)c1nn(C)c(C)c1NC(=O)c1ccc(COc2ccc(Cl)c(C)c2)o1. The van der Waals surface area contributed by atoms with Crippen molar-refractivity contribution in [3.8, 4) is 5.75 Å². The molecule has 0 spiro atoms. The van der Waals surface area contributed by atoms with Crippen molar-refractivity contribution in [3.05, 3.63) is 63.8 Å². The molecule has 0 saturated heterocycles. The number of amides is 1. The summed E-state index contributed by atoms with van der Waals surface area (Å²) in [4.78, 5) is 24.4. The second-order valence-electron chi connectivity index (χ2n) is 6.34. The zero-order chi connectivity index (χ0) is 21.1. The molecule has 0 fully saturated rings. The van der Waals surface area contributed by atoms with Crippen molar-refractivity contribution in [1.29, 1.82) is 0 Å². The number of esters is 1. The molecule has 0 aliphatic carbocycles. The van der Waals surface area contributed by atoms with Crippen molar-refractivity contribution in [2.75, 3.05) is 12.4 Å². The number of hydrogen-bond acceptors (Lipinski definition) is 6. The summed E-state index contributed by atoms with van der Waals surface area (Å²) in [5.41, 5.74) is 1.80. The van der Waals surface area contributed by atoms with Gasteiger partial charge in [0.25, 0.3) is 5.91 Å². The minimum atomic E-state index is -0.643. The maximum Gasteiger partial charge on any atom is 0.360 e. The molecule has 1 N–H and O–H groups in total. The monoisotopic (exact) mass is 417 g/mol. The van der Waals surface area contributed by atoms with E-state index in [1.54, 1.807) is 32.2 Å². The molecule has 1 amide bonds. The number of aryl methyl sites for hydroxylation is 2. The fraction of sp³-hybridized carbons (Fsp3) is 0.250. The summed E-state index contributed by atoms with van der Waals surface area (Å²) in [5.74, 6) is 0.0347. The van der Waals surface area contributed by atoms with Crippen LogP contribution in [0.15, 0.2) is 34.7 Å². The molecule has 2 heterocycles. The number of aromatic nitrogens is 2. The summed E-state index contributed by atoms with van der Waals surface area (Å²) >= 11 is 6.00. The van der Waals surface area contributed by atoms with Gasteiger partial charge in [0.05, 0.1) is 18.5 Å². The quantitative estimate of drug-likeness (QED) is 0.611. The second-order valence-corrected chi connectivity index (χ2v) is 6.75. The number of methoxy groups -OCH3 is 1. The van der Waals surface area contributed by atoms with E-state index in [9.17, 15) is 9.59 Å². The van der Waals surface area contributed by atoms with E-state index in [-0.39, 0.29) is 23.7 Å². The lowest BCUT2D eigenvalue weighted by Crippen LogP contribution is -2.14. The topological polar surface area (TPSA) is 95.6 Å². The Morgan fingerprint density at radius 2 is 2.00 bits per heavy atom. The number of nitrogens with one attached hydrogen (secondary N) is 1. The third-order valence-electron chi connectivity index (χ3n) is 4.35. The molecule has 3 aromatic rings. The van der Waals surface area contributed by atoms with Gasteiger partial charge in [-0.05, 0) is 49.7 Å². The second kappa shape index (κ2) is 8.40. The Hall–Kier alpha value is -3.26. The predicted octanol–water partition coefficient (Wildman–Crippen LogP) is 3.90. The van der Waals surface area contributed by atoms with Gasteiger partial charge in [-0.2, -0.15) is 5.10 Å². The maximum absolute atomic E-state index is 12.6. The van der Waals surface area contributed by atoms with Crippen molar-refractivity contribution < 1.29 is 23.5 Å². The molecule has 3 rings (SSSR count). The number of ether oxygens (including phenoxy) is 2. The number of carbonyl (C=O) groups is 2. The van der Waals surface area contributed by atoms with Crippen LogP contribution in [0.2, 0.25) is 5.02 Å². The number of carbonyl (C=O) groups excluding carboxylic acids is 2. The van der Waals surface area contributed by atoms with Gasteiger partial charge in [-0.25, -0.2) is 4.79 Å². The number of nitrogens with zero attached hydrogens (tertiary/aromatic N) is 2. The Morgan fingerprint density at radius 3 is 2.69 bits per heavy atom. The van der Waals surface area contributed by atoms with Gasteiger partial charge in [0.2, 0.25) is 0 Å². The first-order valence-corrected chi connectivity index (χ1v) is 9.09. The van der Waals surface area contributed by atoms with E-state index in [4.69, 9.17) is 25.5 Å². The van der Waals surface area contributed by atoms with Crippen molar-refractivity contribution >= 4 is 29.2 Å². The molecule has 0 radical (unpaired) electrons. The van der Waals surface area contributed by atoms with Gasteiger partial charge in [0.15, 0.2) is 11.5 Å². The molecule has 29 heavy (non-hydrogen) atoms. The van der Waals surface area contributed by atoms with Crippen molar-refractivity contribution in [1.82, 2.24) is 9.78 Å². The van der Waals surface area contributed by atoms with Crippen molar-refractivity contribution in [2.24, 2.45) is 7.05 Å². The fourth-order valence-electron chi connectivity index (χ4n) is 2.61. The van der Waals surface area contributed by atoms with E-state index in [0.717, 1.165) is 5.56 Å². The van der Waals surface area contributed by atoms with Gasteiger partial charge in [0, 0.05) is 12.1 Å². The molecular formula is C20H20ClN3O5. The number of furan rings is 1. The van der Waals surface area contributed by atoms with E-state index < -0.39 is 11.9 Å². The maximum atomic E-state index is 12.6. The van der Waals surface area contributed by atoms with Crippen LogP contribution in [0.4, 0.5) is 5.69 Å². The molecule has 0 unspecified atom stereocenters. The lowest BCUT2D eigenvalue weighted by Gasteiger charge is -2.06. The highest BCUT2D eigenvalue weighted by molar-refractivity contribution is 6.31. The largest absolute Gasteiger partial charge is 0.486 e. The molecular weight excluding hydrogens is 398 g/mol. The molecule has 2 aromatic heterocycles. The Bertz CT molecular complexity index is 1070. The van der Waals surface area contributed by atoms with Gasteiger partial charge in [-0.15, -0.1) is 0 Å². The number of anilines is 1. The van der Waals surface area contributed by atoms with Gasteiger partial charge >= 0.3 is 5.97 Å². The molecule has 0 bridgehead atoms. The van der Waals surface area contributed by atoms with Crippen LogP contribution < -0.4 is 10.1 Å². The molecule has 0 atom stereocenters. The van der Waals surface area contributed by atoms with Crippen LogP contribution in [0, 0.1) is 13.8 Å². The van der Waals surface area contributed by atoms with Crippen LogP contribution >= 0.6 is 11.6 Å². The van der Waals surface area contributed by atoms with Crippen LogP contribution in [0.3, 0.4) is 0 Å². The smallest absolute Gasteiger partial charge is 0.360 e. The van der Waals surface area contributed by atoms with Crippen LogP contribution in [0.5, 0.6) is 5.75 Å². The highest BCUT2D eigenvalue weighted by Crippen LogP contribution is 2.23. The number of rotatable bonds is 6. The standard InChI is InChI=1S/C20H20ClN3O5/c1-11-9-13(5-7-15(11)21)28-10-14-6-8-16(29-14)19(25)22-17-12(2)24(3)23-18(17)20(26)27-4/h5-9H,10H2,1-4H3,(H,22,25). The van der Waals surface area contributed by atoms with Crippen molar-refractivity contribution in [2.45, 2.75) is 20.5 Å². The molecule has 9 heteroatoms. The minimum Gasteiger partial charge on any atom is -0.486 e. The van der Waals surface area contributed by atoms with Gasteiger partial charge in [0.1, 0.15) is 18.1 Å². The van der Waals surface area contributed by atoms with E-state index in [2.05, 4.69) is 10.4 Å². The molecule has 8 nitrogen and oxygen atoms in total. The first kappa shape index (κ1) is 20.5. The summed E-state index contributed by atoms with van der Waals surface area (Å²) in [6.07, 6.45) is 0. The summed E-state index contributed by atoms with van der Waals surface area (Å²) in [6.45, 7) is 3.76. The van der Waals surface area contributed by atoms with E-state index in [1.165, 1.54) is 17.9 Å². The summed E-state index contributed by atoms with van der Waals surface area (Å²) < 4.78 is 17.4. The highest BCUT2D eigenvalue weighted by Gasteiger charge is 2.23. The average molecular weight is 418 g/mol. The minimum absolute atomic E-state index is 0.0223. The van der Waals surface area contributed by atoms with E-state index >= 15 is 0 Å². The summed E-state index contributed by atoms with van der Waals surface area (Å²) in [7, 11) is 2.91. The average Bonchev–Trinajstić information content (AvgIpc) is 3.29. The Kier molecular flexibility index (Phi) is 5.93. The number of benzene rings is 1. The zero-order valence-corrected chi connectivity index (χ0v) is 17.2. The van der Waals surface area contributed by atoms with Crippen LogP contribution in [-0.2, 0) is 18.4 Å². The van der Waals surface area contributed by atoms with E-state index in [1.807, 2.05) is 13.0 Å². The van der Waals surface area contributed by atoms with Crippen molar-refractivity contribution in [3.63, 3.8) is 0 Å². The Balaban J connectivity index is 1.70. The van der Waals surface area contributed by atoms with Crippen LogP contribution in [0.25, 0.3) is 0 Å². The van der Waals surface area contributed by atoms with Gasteiger partial charge < -0.3 is 19.2 Å². The first-order chi connectivity index (χ1) is 13.8. The molecule has 0 aliphatic rings.